The van der Waals surface area contributed by atoms with Crippen molar-refractivity contribution in [2.45, 2.75) is 6.04 Å². The minimum atomic E-state index is -0.424. The summed E-state index contributed by atoms with van der Waals surface area (Å²) >= 11 is 0. The van der Waals surface area contributed by atoms with E-state index < -0.39 is 5.82 Å². The van der Waals surface area contributed by atoms with Gasteiger partial charge >= 0.3 is 0 Å². The van der Waals surface area contributed by atoms with Crippen molar-refractivity contribution in [1.82, 2.24) is 10.2 Å². The Bertz CT molecular complexity index is 469. The molecule has 0 unspecified atom stereocenters. The summed E-state index contributed by atoms with van der Waals surface area (Å²) in [6.45, 7) is 7.20. The van der Waals surface area contributed by atoms with E-state index in [0.717, 1.165) is 26.2 Å². The molecule has 1 aliphatic heterocycles. The van der Waals surface area contributed by atoms with Crippen LogP contribution in [0.4, 0.5) is 4.39 Å². The molecule has 0 aliphatic carbocycles. The smallest absolute Gasteiger partial charge is 0.163 e. The van der Waals surface area contributed by atoms with Gasteiger partial charge in [-0.3, -0.25) is 4.90 Å². The fraction of sp³-hybridized carbons (Fsp3) is 0.429. The summed E-state index contributed by atoms with van der Waals surface area (Å²) in [6, 6.07) is 2.30. The largest absolute Gasteiger partial charge is 0.504 e. The van der Waals surface area contributed by atoms with Gasteiger partial charge in [0.2, 0.25) is 0 Å². The fourth-order valence-electron chi connectivity index (χ4n) is 2.41. The highest BCUT2D eigenvalue weighted by Gasteiger charge is 2.24. The molecule has 0 aromatic heterocycles. The lowest BCUT2D eigenvalue weighted by molar-refractivity contribution is 0.200. The van der Waals surface area contributed by atoms with Gasteiger partial charge < -0.3 is 15.2 Å². The molecule has 2 rings (SSSR count). The van der Waals surface area contributed by atoms with Crippen molar-refractivity contribution in [2.75, 3.05) is 33.3 Å². The van der Waals surface area contributed by atoms with Gasteiger partial charge in [0.05, 0.1) is 13.2 Å². The summed E-state index contributed by atoms with van der Waals surface area (Å²) < 4.78 is 18.6. The highest BCUT2D eigenvalue weighted by molar-refractivity contribution is 5.85. The monoisotopic (exact) mass is 338 g/mol. The zero-order valence-corrected chi connectivity index (χ0v) is 13.5. The Balaban J connectivity index is 0.00000200. The molecule has 0 bridgehead atoms. The zero-order chi connectivity index (χ0) is 13.8. The first-order valence-electron chi connectivity index (χ1n) is 6.31. The molecule has 21 heavy (non-hydrogen) atoms. The quantitative estimate of drug-likeness (QED) is 0.828. The second-order valence-corrected chi connectivity index (χ2v) is 4.51. The number of halogens is 3. The first kappa shape index (κ1) is 20.0. The Morgan fingerprint density at radius 2 is 2.00 bits per heavy atom. The normalized spacial score (nSPS) is 16.3. The number of benzene rings is 1. The third kappa shape index (κ3) is 4.48. The topological polar surface area (TPSA) is 44.7 Å². The molecule has 1 aromatic carbocycles. The number of phenols is 1. The number of piperazine rings is 1. The number of ether oxygens (including phenoxy) is 1. The molecular formula is C14H21Cl2FN2O2. The van der Waals surface area contributed by atoms with Gasteiger partial charge in [0, 0.05) is 37.8 Å². The van der Waals surface area contributed by atoms with Crippen LogP contribution in [-0.2, 0) is 0 Å². The highest BCUT2D eigenvalue weighted by Crippen LogP contribution is 2.37. The Morgan fingerprint density at radius 1 is 1.38 bits per heavy atom. The van der Waals surface area contributed by atoms with Crippen molar-refractivity contribution < 1.29 is 14.2 Å². The number of nitrogens with one attached hydrogen (secondary N) is 1. The van der Waals surface area contributed by atoms with Gasteiger partial charge in [0.15, 0.2) is 11.5 Å². The average molecular weight is 339 g/mol. The van der Waals surface area contributed by atoms with Crippen molar-refractivity contribution in [3.05, 3.63) is 36.2 Å². The Hall–Kier alpha value is -1.01. The Kier molecular flexibility index (Phi) is 8.66. The SMILES string of the molecule is C=C[C@@H](c1cc(F)cc(OC)c1O)N1CCNCC1.Cl.Cl. The standard InChI is InChI=1S/C14H19FN2O2.2ClH/c1-3-12(17-6-4-16-5-7-17)11-8-10(15)9-13(19-2)14(11)18;;/h3,8-9,12,16,18H,1,4-7H2,2H3;2*1H/t12-;;/m0../s1. The van der Waals surface area contributed by atoms with Gasteiger partial charge in [-0.25, -0.2) is 4.39 Å². The van der Waals surface area contributed by atoms with Gasteiger partial charge in [0.1, 0.15) is 5.82 Å². The molecule has 2 N–H and O–H groups in total. The number of rotatable bonds is 4. The molecule has 1 saturated heterocycles. The summed E-state index contributed by atoms with van der Waals surface area (Å²) in [6.07, 6.45) is 1.72. The zero-order valence-electron chi connectivity index (χ0n) is 11.8. The predicted molar refractivity (Wildman–Crippen MR) is 86.5 cm³/mol. The van der Waals surface area contributed by atoms with Crippen LogP contribution in [0.3, 0.4) is 0 Å². The molecule has 0 amide bonds. The molecule has 1 heterocycles. The lowest BCUT2D eigenvalue weighted by Crippen LogP contribution is -2.44. The predicted octanol–water partition coefficient (Wildman–Crippen LogP) is 2.52. The van der Waals surface area contributed by atoms with Crippen LogP contribution in [0.5, 0.6) is 11.5 Å². The van der Waals surface area contributed by atoms with Crippen molar-refractivity contribution in [3.8, 4) is 11.5 Å². The maximum Gasteiger partial charge on any atom is 0.163 e. The van der Waals surface area contributed by atoms with Crippen LogP contribution in [0.1, 0.15) is 11.6 Å². The number of phenolic OH excluding ortho intramolecular Hbond substituents is 1. The van der Waals surface area contributed by atoms with E-state index in [1.165, 1.54) is 19.2 Å². The van der Waals surface area contributed by atoms with E-state index in [0.29, 0.717) is 5.56 Å². The molecule has 0 radical (unpaired) electrons. The summed E-state index contributed by atoms with van der Waals surface area (Å²) in [5.74, 6) is -0.295. The van der Waals surface area contributed by atoms with Gasteiger partial charge in [-0.15, -0.1) is 31.4 Å². The summed E-state index contributed by atoms with van der Waals surface area (Å²) in [4.78, 5) is 2.15. The molecule has 7 heteroatoms. The fourth-order valence-corrected chi connectivity index (χ4v) is 2.41. The second kappa shape index (κ2) is 9.10. The third-order valence-electron chi connectivity index (χ3n) is 3.38. The van der Waals surface area contributed by atoms with Crippen molar-refractivity contribution >= 4 is 24.8 Å². The van der Waals surface area contributed by atoms with E-state index in [9.17, 15) is 9.50 Å². The number of methoxy groups -OCH3 is 1. The van der Waals surface area contributed by atoms with E-state index in [1.54, 1.807) is 6.08 Å². The lowest BCUT2D eigenvalue weighted by atomic mass is 10.0. The van der Waals surface area contributed by atoms with Crippen LogP contribution in [0, 0.1) is 5.82 Å². The molecule has 1 aromatic rings. The van der Waals surface area contributed by atoms with E-state index in [2.05, 4.69) is 16.8 Å². The number of aromatic hydroxyl groups is 1. The number of hydrogen-bond donors (Lipinski definition) is 2. The molecule has 120 valence electrons. The van der Waals surface area contributed by atoms with Crippen LogP contribution in [0.2, 0.25) is 0 Å². The summed E-state index contributed by atoms with van der Waals surface area (Å²) in [7, 11) is 1.41. The van der Waals surface area contributed by atoms with E-state index >= 15 is 0 Å². The maximum atomic E-state index is 13.6. The number of hydrogen-bond acceptors (Lipinski definition) is 4. The molecule has 0 spiro atoms. The van der Waals surface area contributed by atoms with E-state index in [4.69, 9.17) is 4.74 Å². The second-order valence-electron chi connectivity index (χ2n) is 4.51. The first-order chi connectivity index (χ1) is 9.17. The Labute approximate surface area is 136 Å². The molecule has 1 aliphatic rings. The van der Waals surface area contributed by atoms with Gasteiger partial charge in [-0.05, 0) is 6.07 Å². The van der Waals surface area contributed by atoms with Gasteiger partial charge in [-0.2, -0.15) is 0 Å². The van der Waals surface area contributed by atoms with Crippen molar-refractivity contribution in [2.24, 2.45) is 0 Å². The first-order valence-corrected chi connectivity index (χ1v) is 6.31. The van der Waals surface area contributed by atoms with Crippen LogP contribution in [0.15, 0.2) is 24.8 Å². The number of nitrogens with zero attached hydrogens (tertiary/aromatic N) is 1. The highest BCUT2D eigenvalue weighted by atomic mass is 35.5. The average Bonchev–Trinajstić information content (AvgIpc) is 2.44. The molecule has 4 nitrogen and oxygen atoms in total. The van der Waals surface area contributed by atoms with Crippen LogP contribution < -0.4 is 10.1 Å². The van der Waals surface area contributed by atoms with Gasteiger partial charge in [0.25, 0.3) is 0 Å². The summed E-state index contributed by atoms with van der Waals surface area (Å²) in [5, 5.41) is 13.4. The van der Waals surface area contributed by atoms with Crippen LogP contribution in [-0.4, -0.2) is 43.3 Å². The minimum absolute atomic E-state index is 0. The van der Waals surface area contributed by atoms with Crippen molar-refractivity contribution in [1.29, 1.82) is 0 Å². The molecule has 0 saturated carbocycles. The van der Waals surface area contributed by atoms with Crippen molar-refractivity contribution in [3.63, 3.8) is 0 Å². The lowest BCUT2D eigenvalue weighted by Gasteiger charge is -2.33. The van der Waals surface area contributed by atoms with E-state index in [-0.39, 0.29) is 42.4 Å². The van der Waals surface area contributed by atoms with E-state index in [1.807, 2.05) is 0 Å². The van der Waals surface area contributed by atoms with Crippen LogP contribution in [0.25, 0.3) is 0 Å². The molecule has 1 atom stereocenters. The molecule has 1 fully saturated rings. The maximum absolute atomic E-state index is 13.6. The third-order valence-corrected chi connectivity index (χ3v) is 3.38. The molecular weight excluding hydrogens is 318 g/mol. The Morgan fingerprint density at radius 3 is 2.52 bits per heavy atom. The minimum Gasteiger partial charge on any atom is -0.504 e. The van der Waals surface area contributed by atoms with Gasteiger partial charge in [-0.1, -0.05) is 6.08 Å². The van der Waals surface area contributed by atoms with Crippen LogP contribution >= 0.6 is 24.8 Å². The summed E-state index contributed by atoms with van der Waals surface area (Å²) in [5.41, 5.74) is 0.494.